The summed E-state index contributed by atoms with van der Waals surface area (Å²) in [4.78, 5) is 0. The maximum Gasteiger partial charge on any atom is 0.184 e. The summed E-state index contributed by atoms with van der Waals surface area (Å²) in [5.74, 6) is 0. The SMILES string of the molecule is CC[C@H](O[Si](C)(C)C)[C@@H](O[Si](C)(C)C)c1ccc(Cl)cc1Cl. The van der Waals surface area contributed by atoms with Crippen LogP contribution in [0.2, 0.25) is 49.3 Å². The van der Waals surface area contributed by atoms with Gasteiger partial charge in [-0.15, -0.1) is 0 Å². The van der Waals surface area contributed by atoms with Crippen molar-refractivity contribution in [3.63, 3.8) is 0 Å². The standard InChI is InChI=1S/C16H28Cl2O2Si2/c1-8-15(19-21(2,3)4)16(20-22(5,6)7)13-10-9-12(17)11-14(13)18/h9-11,15-16H,8H2,1-7H3/t15-,16-/m0/s1. The van der Waals surface area contributed by atoms with Gasteiger partial charge in [0, 0.05) is 15.6 Å². The molecule has 0 aliphatic carbocycles. The zero-order valence-electron chi connectivity index (χ0n) is 14.7. The summed E-state index contributed by atoms with van der Waals surface area (Å²) in [6.07, 6.45) is 0.753. The molecule has 2 atom stereocenters. The van der Waals surface area contributed by atoms with Crippen molar-refractivity contribution in [3.8, 4) is 0 Å². The summed E-state index contributed by atoms with van der Waals surface area (Å²) >= 11 is 12.5. The highest BCUT2D eigenvalue weighted by Gasteiger charge is 2.33. The Morgan fingerprint density at radius 2 is 1.50 bits per heavy atom. The molecule has 1 rings (SSSR count). The van der Waals surface area contributed by atoms with E-state index in [4.69, 9.17) is 32.1 Å². The number of hydrogen-bond acceptors (Lipinski definition) is 2. The number of benzene rings is 1. The molecule has 0 aliphatic heterocycles. The van der Waals surface area contributed by atoms with Crippen LogP contribution in [0.1, 0.15) is 25.0 Å². The Balaban J connectivity index is 3.21. The first-order chi connectivity index (χ1) is 9.93. The largest absolute Gasteiger partial charge is 0.412 e. The normalized spacial score (nSPS) is 15.7. The monoisotopic (exact) mass is 378 g/mol. The maximum atomic E-state index is 6.45. The third kappa shape index (κ3) is 6.73. The minimum atomic E-state index is -1.75. The van der Waals surface area contributed by atoms with E-state index in [9.17, 15) is 0 Å². The molecule has 0 saturated carbocycles. The molecule has 22 heavy (non-hydrogen) atoms. The molecule has 0 saturated heterocycles. The summed E-state index contributed by atoms with van der Waals surface area (Å²) in [5, 5.41) is 1.29. The van der Waals surface area contributed by atoms with Gasteiger partial charge in [0.15, 0.2) is 16.6 Å². The minimum Gasteiger partial charge on any atom is -0.412 e. The van der Waals surface area contributed by atoms with Crippen molar-refractivity contribution in [2.24, 2.45) is 0 Å². The average molecular weight is 379 g/mol. The van der Waals surface area contributed by atoms with Crippen molar-refractivity contribution in [3.05, 3.63) is 33.8 Å². The van der Waals surface area contributed by atoms with Gasteiger partial charge < -0.3 is 8.85 Å². The first-order valence-corrected chi connectivity index (χ1v) is 15.3. The number of rotatable bonds is 7. The van der Waals surface area contributed by atoms with Crippen LogP contribution < -0.4 is 0 Å². The molecule has 2 nitrogen and oxygen atoms in total. The lowest BCUT2D eigenvalue weighted by molar-refractivity contribution is 0.0407. The zero-order chi connectivity index (χ0) is 17.1. The Bertz CT molecular complexity index is 496. The summed E-state index contributed by atoms with van der Waals surface area (Å²) in [6.45, 7) is 15.3. The van der Waals surface area contributed by atoms with E-state index in [0.717, 1.165) is 12.0 Å². The van der Waals surface area contributed by atoms with Gasteiger partial charge in [0.25, 0.3) is 0 Å². The fraction of sp³-hybridized carbons (Fsp3) is 0.625. The molecule has 0 heterocycles. The van der Waals surface area contributed by atoms with E-state index in [1.54, 1.807) is 6.07 Å². The van der Waals surface area contributed by atoms with Crippen LogP contribution >= 0.6 is 23.2 Å². The predicted octanol–water partition coefficient (Wildman–Crippen LogP) is 6.52. The van der Waals surface area contributed by atoms with E-state index in [0.29, 0.717) is 10.0 Å². The summed E-state index contributed by atoms with van der Waals surface area (Å²) < 4.78 is 12.8. The van der Waals surface area contributed by atoms with E-state index < -0.39 is 16.6 Å². The Hall–Kier alpha value is 0.154. The minimum absolute atomic E-state index is 0.0112. The lowest BCUT2D eigenvalue weighted by atomic mass is 10.0. The summed E-state index contributed by atoms with van der Waals surface area (Å²) in [6, 6.07) is 5.61. The molecule has 0 aliphatic rings. The van der Waals surface area contributed by atoms with Crippen LogP contribution in [-0.2, 0) is 8.85 Å². The molecular weight excluding hydrogens is 351 g/mol. The topological polar surface area (TPSA) is 18.5 Å². The van der Waals surface area contributed by atoms with Gasteiger partial charge >= 0.3 is 0 Å². The lowest BCUT2D eigenvalue weighted by Gasteiger charge is -2.36. The van der Waals surface area contributed by atoms with Gasteiger partial charge in [0.2, 0.25) is 0 Å². The molecule has 126 valence electrons. The molecule has 6 heteroatoms. The molecule has 0 fully saturated rings. The van der Waals surface area contributed by atoms with Crippen LogP contribution in [0.3, 0.4) is 0 Å². The molecule has 0 aromatic heterocycles. The van der Waals surface area contributed by atoms with Crippen LogP contribution in [0, 0.1) is 0 Å². The van der Waals surface area contributed by atoms with E-state index in [-0.39, 0.29) is 12.2 Å². The summed E-state index contributed by atoms with van der Waals surface area (Å²) in [7, 11) is -3.42. The lowest BCUT2D eigenvalue weighted by Crippen LogP contribution is -2.40. The highest BCUT2D eigenvalue weighted by atomic mass is 35.5. The van der Waals surface area contributed by atoms with Gasteiger partial charge in [0.1, 0.15) is 0 Å². The second-order valence-electron chi connectivity index (χ2n) is 7.49. The highest BCUT2D eigenvalue weighted by molar-refractivity contribution is 6.70. The van der Waals surface area contributed by atoms with Crippen LogP contribution in [0.15, 0.2) is 18.2 Å². The van der Waals surface area contributed by atoms with Crippen molar-refractivity contribution in [1.82, 2.24) is 0 Å². The average Bonchev–Trinajstić information content (AvgIpc) is 2.31. The number of hydrogen-bond donors (Lipinski definition) is 0. The molecule has 1 aromatic carbocycles. The summed E-state index contributed by atoms with van der Waals surface area (Å²) in [5.41, 5.74) is 0.971. The first-order valence-electron chi connectivity index (χ1n) is 7.73. The third-order valence-corrected chi connectivity index (χ3v) is 5.53. The van der Waals surface area contributed by atoms with Crippen LogP contribution in [-0.4, -0.2) is 22.7 Å². The maximum absolute atomic E-state index is 6.45. The van der Waals surface area contributed by atoms with Gasteiger partial charge in [0.05, 0.1) is 12.2 Å². The molecule has 0 amide bonds. The van der Waals surface area contributed by atoms with Crippen LogP contribution in [0.5, 0.6) is 0 Å². The quantitative estimate of drug-likeness (QED) is 0.502. The van der Waals surface area contributed by atoms with E-state index in [1.165, 1.54) is 0 Å². The Morgan fingerprint density at radius 3 is 1.91 bits per heavy atom. The van der Waals surface area contributed by atoms with Crippen molar-refractivity contribution in [1.29, 1.82) is 0 Å². The molecule has 0 bridgehead atoms. The van der Waals surface area contributed by atoms with Crippen molar-refractivity contribution < 1.29 is 8.85 Å². The van der Waals surface area contributed by atoms with Crippen molar-refractivity contribution in [2.75, 3.05) is 0 Å². The van der Waals surface area contributed by atoms with E-state index >= 15 is 0 Å². The number of halogens is 2. The predicted molar refractivity (Wildman–Crippen MR) is 102 cm³/mol. The Labute approximate surface area is 147 Å². The Kier molecular flexibility index (Phi) is 7.18. The molecule has 0 N–H and O–H groups in total. The van der Waals surface area contributed by atoms with E-state index in [1.807, 2.05) is 12.1 Å². The van der Waals surface area contributed by atoms with Crippen LogP contribution in [0.4, 0.5) is 0 Å². The van der Waals surface area contributed by atoms with Gasteiger partial charge in [-0.3, -0.25) is 0 Å². The molecule has 0 unspecified atom stereocenters. The smallest absolute Gasteiger partial charge is 0.184 e. The first kappa shape index (κ1) is 20.2. The van der Waals surface area contributed by atoms with Gasteiger partial charge in [-0.05, 0) is 57.8 Å². The van der Waals surface area contributed by atoms with Gasteiger partial charge in [-0.2, -0.15) is 0 Å². The second kappa shape index (κ2) is 7.82. The Morgan fingerprint density at radius 1 is 0.955 bits per heavy atom. The second-order valence-corrected chi connectivity index (χ2v) is 17.3. The van der Waals surface area contributed by atoms with Crippen LogP contribution in [0.25, 0.3) is 0 Å². The zero-order valence-corrected chi connectivity index (χ0v) is 18.2. The van der Waals surface area contributed by atoms with Gasteiger partial charge in [-0.25, -0.2) is 0 Å². The fourth-order valence-corrected chi connectivity index (χ4v) is 5.02. The molecule has 0 radical (unpaired) electrons. The third-order valence-electron chi connectivity index (χ3n) is 2.99. The van der Waals surface area contributed by atoms with Crippen molar-refractivity contribution >= 4 is 39.8 Å². The fourth-order valence-electron chi connectivity index (χ4n) is 2.27. The van der Waals surface area contributed by atoms with Gasteiger partial charge in [-0.1, -0.05) is 36.2 Å². The highest BCUT2D eigenvalue weighted by Crippen LogP contribution is 2.36. The molecule has 0 spiro atoms. The van der Waals surface area contributed by atoms with E-state index in [2.05, 4.69) is 46.2 Å². The van der Waals surface area contributed by atoms with Crippen molar-refractivity contribution in [2.45, 2.75) is 64.8 Å². The molecule has 1 aromatic rings. The molecular formula is C16H28Cl2O2Si2.